The fraction of sp³-hybridized carbons (Fsp3) is 0.368. The summed E-state index contributed by atoms with van der Waals surface area (Å²) in [4.78, 5) is 15.2. The van der Waals surface area contributed by atoms with Crippen LogP contribution in [0, 0.1) is 12.3 Å². The van der Waals surface area contributed by atoms with Gasteiger partial charge in [0.05, 0.1) is 5.69 Å². The van der Waals surface area contributed by atoms with E-state index in [9.17, 15) is 4.79 Å². The number of hydrogen-bond donors (Lipinski definition) is 3. The second-order valence-corrected chi connectivity index (χ2v) is 7.54. The molecule has 2 aromatic rings. The molecule has 0 unspecified atom stereocenters. The summed E-state index contributed by atoms with van der Waals surface area (Å²) in [5.74, 6) is -0.0367. The average Bonchev–Trinajstić information content (AvgIpc) is 3.11. The lowest BCUT2D eigenvalue weighted by Crippen LogP contribution is -2.31. The van der Waals surface area contributed by atoms with Gasteiger partial charge in [-0.05, 0) is 68.1 Å². The zero-order valence-electron chi connectivity index (χ0n) is 14.9. The average molecular weight is 356 g/mol. The van der Waals surface area contributed by atoms with Crippen LogP contribution in [0.5, 0.6) is 0 Å². The zero-order chi connectivity index (χ0) is 18.0. The summed E-state index contributed by atoms with van der Waals surface area (Å²) in [6, 6.07) is 6.09. The van der Waals surface area contributed by atoms with E-state index in [4.69, 9.17) is 5.41 Å². The molecular weight excluding hydrogens is 332 g/mol. The van der Waals surface area contributed by atoms with Crippen molar-refractivity contribution in [3.05, 3.63) is 45.1 Å². The molecule has 25 heavy (non-hydrogen) atoms. The minimum atomic E-state index is -0.0367. The summed E-state index contributed by atoms with van der Waals surface area (Å²) in [7, 11) is 3.98. The molecule has 1 aromatic carbocycles. The van der Waals surface area contributed by atoms with Gasteiger partial charge in [0.1, 0.15) is 4.88 Å². The lowest BCUT2D eigenvalue weighted by Gasteiger charge is -2.12. The Morgan fingerprint density at radius 3 is 2.88 bits per heavy atom. The maximum Gasteiger partial charge on any atom is 0.263 e. The van der Waals surface area contributed by atoms with Gasteiger partial charge in [0.25, 0.3) is 5.91 Å². The first-order valence-electron chi connectivity index (χ1n) is 8.44. The predicted octanol–water partition coefficient (Wildman–Crippen LogP) is 3.41. The molecule has 5 nitrogen and oxygen atoms in total. The number of hydrogen-bond acceptors (Lipinski definition) is 5. The molecule has 1 amide bonds. The summed E-state index contributed by atoms with van der Waals surface area (Å²) in [5, 5.41) is 16.3. The van der Waals surface area contributed by atoms with Gasteiger partial charge < -0.3 is 20.9 Å². The molecule has 0 radical (unpaired) electrons. The largest absolute Gasteiger partial charge is 0.354 e. The van der Waals surface area contributed by atoms with E-state index in [2.05, 4.69) is 16.7 Å². The van der Waals surface area contributed by atoms with Crippen LogP contribution in [0.15, 0.2) is 23.6 Å². The Hall–Kier alpha value is -2.18. The first-order chi connectivity index (χ1) is 12.0. The van der Waals surface area contributed by atoms with Crippen molar-refractivity contribution < 1.29 is 4.79 Å². The SMILES string of the molecule is Cc1csc(C(=O)NCCN(C)C)c1Nc1ccc2c(c1)CCC2=N. The standard InChI is InChI=1S/C19H24N4OS/c1-12-11-25-18(19(24)21-8-9-23(2)3)17(12)22-14-5-6-15-13(10-14)4-7-16(15)20/h5-6,10-11,20,22H,4,7-9H2,1-3H3,(H,21,24). The molecular formula is C19H24N4OS. The molecule has 1 aliphatic rings. The van der Waals surface area contributed by atoms with Gasteiger partial charge in [-0.25, -0.2) is 0 Å². The monoisotopic (exact) mass is 356 g/mol. The number of thiophene rings is 1. The Kier molecular flexibility index (Phi) is 5.20. The van der Waals surface area contributed by atoms with Crippen molar-refractivity contribution >= 4 is 34.3 Å². The number of carbonyl (C=O) groups is 1. The van der Waals surface area contributed by atoms with E-state index in [0.29, 0.717) is 17.1 Å². The Morgan fingerprint density at radius 1 is 1.32 bits per heavy atom. The predicted molar refractivity (Wildman–Crippen MR) is 105 cm³/mol. The number of nitrogens with one attached hydrogen (secondary N) is 3. The zero-order valence-corrected chi connectivity index (χ0v) is 15.7. The highest BCUT2D eigenvalue weighted by Crippen LogP contribution is 2.32. The highest BCUT2D eigenvalue weighted by molar-refractivity contribution is 7.12. The number of rotatable bonds is 6. The van der Waals surface area contributed by atoms with Gasteiger partial charge in [-0.15, -0.1) is 11.3 Å². The van der Waals surface area contributed by atoms with Crippen molar-refractivity contribution in [1.82, 2.24) is 10.2 Å². The summed E-state index contributed by atoms with van der Waals surface area (Å²) in [6.07, 6.45) is 1.74. The molecule has 1 aliphatic carbocycles. The van der Waals surface area contributed by atoms with Crippen molar-refractivity contribution in [2.45, 2.75) is 19.8 Å². The summed E-state index contributed by atoms with van der Waals surface area (Å²) < 4.78 is 0. The lowest BCUT2D eigenvalue weighted by atomic mass is 10.1. The molecule has 0 bridgehead atoms. The minimum absolute atomic E-state index is 0.0367. The molecule has 1 heterocycles. The van der Waals surface area contributed by atoms with E-state index in [-0.39, 0.29) is 5.91 Å². The molecule has 3 rings (SSSR count). The lowest BCUT2D eigenvalue weighted by molar-refractivity contribution is 0.0956. The van der Waals surface area contributed by atoms with Crippen molar-refractivity contribution in [2.75, 3.05) is 32.5 Å². The van der Waals surface area contributed by atoms with E-state index in [1.165, 1.54) is 16.9 Å². The normalized spacial score (nSPS) is 13.2. The minimum Gasteiger partial charge on any atom is -0.354 e. The van der Waals surface area contributed by atoms with Crippen LogP contribution in [0.25, 0.3) is 0 Å². The molecule has 0 saturated heterocycles. The van der Waals surface area contributed by atoms with Gasteiger partial charge in [0, 0.05) is 24.5 Å². The number of fused-ring (bicyclic) bond motifs is 1. The number of carbonyl (C=O) groups excluding carboxylic acids is 1. The van der Waals surface area contributed by atoms with Crippen LogP contribution in [-0.2, 0) is 6.42 Å². The van der Waals surface area contributed by atoms with Crippen LogP contribution < -0.4 is 10.6 Å². The molecule has 3 N–H and O–H groups in total. The third kappa shape index (κ3) is 3.91. The van der Waals surface area contributed by atoms with E-state index in [1.54, 1.807) is 0 Å². The molecule has 6 heteroatoms. The molecule has 0 spiro atoms. The highest BCUT2D eigenvalue weighted by atomic mass is 32.1. The van der Waals surface area contributed by atoms with Crippen molar-refractivity contribution in [3.8, 4) is 0 Å². The molecule has 0 saturated carbocycles. The second kappa shape index (κ2) is 7.37. The van der Waals surface area contributed by atoms with Crippen molar-refractivity contribution in [1.29, 1.82) is 5.41 Å². The third-order valence-corrected chi connectivity index (χ3v) is 5.47. The number of nitrogens with zero attached hydrogens (tertiary/aromatic N) is 1. The Bertz CT molecular complexity index is 810. The fourth-order valence-corrected chi connectivity index (χ4v) is 3.87. The summed E-state index contributed by atoms with van der Waals surface area (Å²) in [6.45, 7) is 3.46. The quantitative estimate of drug-likeness (QED) is 0.743. The van der Waals surface area contributed by atoms with Gasteiger partial charge in [-0.3, -0.25) is 4.79 Å². The van der Waals surface area contributed by atoms with E-state index < -0.39 is 0 Å². The number of benzene rings is 1. The van der Waals surface area contributed by atoms with Gasteiger partial charge in [-0.2, -0.15) is 0 Å². The van der Waals surface area contributed by atoms with Crippen molar-refractivity contribution in [3.63, 3.8) is 0 Å². The first-order valence-corrected chi connectivity index (χ1v) is 9.32. The topological polar surface area (TPSA) is 68.2 Å². The van der Waals surface area contributed by atoms with Crippen LogP contribution in [0.4, 0.5) is 11.4 Å². The second-order valence-electron chi connectivity index (χ2n) is 6.66. The van der Waals surface area contributed by atoms with Crippen LogP contribution in [0.1, 0.15) is 32.8 Å². The van der Waals surface area contributed by atoms with Crippen LogP contribution in [0.2, 0.25) is 0 Å². The Morgan fingerprint density at radius 2 is 2.12 bits per heavy atom. The van der Waals surface area contributed by atoms with E-state index in [1.807, 2.05) is 43.4 Å². The Balaban J connectivity index is 1.76. The van der Waals surface area contributed by atoms with Crippen LogP contribution in [0.3, 0.4) is 0 Å². The van der Waals surface area contributed by atoms with Crippen LogP contribution >= 0.6 is 11.3 Å². The molecule has 0 aliphatic heterocycles. The van der Waals surface area contributed by atoms with E-state index >= 15 is 0 Å². The first kappa shape index (κ1) is 17.6. The highest BCUT2D eigenvalue weighted by Gasteiger charge is 2.19. The maximum absolute atomic E-state index is 12.5. The molecule has 132 valence electrons. The number of likely N-dealkylation sites (N-methyl/N-ethyl adjacent to an activating group) is 1. The van der Waals surface area contributed by atoms with Crippen molar-refractivity contribution in [2.24, 2.45) is 0 Å². The molecule has 0 atom stereocenters. The smallest absolute Gasteiger partial charge is 0.263 e. The molecule has 1 aromatic heterocycles. The number of anilines is 2. The third-order valence-electron chi connectivity index (χ3n) is 4.37. The fourth-order valence-electron chi connectivity index (χ4n) is 2.95. The summed E-state index contributed by atoms with van der Waals surface area (Å²) >= 11 is 1.47. The van der Waals surface area contributed by atoms with Gasteiger partial charge in [-0.1, -0.05) is 6.07 Å². The van der Waals surface area contributed by atoms with Gasteiger partial charge in [0.15, 0.2) is 0 Å². The Labute approximate surface area is 152 Å². The van der Waals surface area contributed by atoms with Gasteiger partial charge >= 0.3 is 0 Å². The van der Waals surface area contributed by atoms with Crippen LogP contribution in [-0.4, -0.2) is 43.7 Å². The number of aryl methyl sites for hydroxylation is 2. The van der Waals surface area contributed by atoms with E-state index in [0.717, 1.165) is 41.9 Å². The van der Waals surface area contributed by atoms with Gasteiger partial charge in [0.2, 0.25) is 0 Å². The maximum atomic E-state index is 12.5. The number of amides is 1. The summed E-state index contributed by atoms with van der Waals surface area (Å²) in [5.41, 5.74) is 5.89. The molecule has 0 fully saturated rings.